The van der Waals surface area contributed by atoms with E-state index in [9.17, 15) is 5.11 Å². The van der Waals surface area contributed by atoms with Gasteiger partial charge in [0, 0.05) is 17.5 Å². The van der Waals surface area contributed by atoms with Crippen LogP contribution in [-0.2, 0) is 0 Å². The van der Waals surface area contributed by atoms with Crippen molar-refractivity contribution < 1.29 is 14.6 Å². The fraction of sp³-hybridized carbons (Fsp3) is 0.190. The third kappa shape index (κ3) is 2.64. The zero-order valence-corrected chi connectivity index (χ0v) is 15.5. The third-order valence-corrected chi connectivity index (χ3v) is 5.87. The Morgan fingerprint density at radius 3 is 2.85 bits per heavy atom. The molecule has 5 rings (SSSR count). The predicted molar refractivity (Wildman–Crippen MR) is 105 cm³/mol. The van der Waals surface area contributed by atoms with Crippen molar-refractivity contribution in [1.29, 1.82) is 0 Å². The highest BCUT2D eigenvalue weighted by Crippen LogP contribution is 2.51. The van der Waals surface area contributed by atoms with Crippen LogP contribution in [0.3, 0.4) is 0 Å². The molecule has 2 aromatic carbocycles. The van der Waals surface area contributed by atoms with E-state index in [1.807, 2.05) is 40.7 Å². The molecular weight excluding hydrogens is 360 g/mol. The van der Waals surface area contributed by atoms with Crippen LogP contribution < -0.4 is 9.47 Å². The summed E-state index contributed by atoms with van der Waals surface area (Å²) in [5.41, 5.74) is 2.94. The van der Waals surface area contributed by atoms with Gasteiger partial charge in [0.1, 0.15) is 5.75 Å². The number of methoxy groups -OCH3 is 1. The molecule has 6 heteroatoms. The molecule has 136 valence electrons. The minimum Gasteiger partial charge on any atom is -0.508 e. The quantitative estimate of drug-likeness (QED) is 0.717. The lowest BCUT2D eigenvalue weighted by molar-refractivity contribution is -0.0184. The SMILES string of the molecule is COc1cccc2c1O[C@@H](c1cccs1)N1N=C(c3cccc(O)c3)C[C@@H]21. The number of ether oxygens (including phenoxy) is 2. The van der Waals surface area contributed by atoms with Gasteiger partial charge in [0.05, 0.1) is 23.7 Å². The number of rotatable bonds is 3. The molecule has 3 aromatic rings. The molecule has 0 bridgehead atoms. The van der Waals surface area contributed by atoms with Crippen LogP contribution in [0.5, 0.6) is 17.2 Å². The van der Waals surface area contributed by atoms with Crippen LogP contribution in [-0.4, -0.2) is 22.9 Å². The number of hydrogen-bond donors (Lipinski definition) is 1. The number of hydrazone groups is 1. The summed E-state index contributed by atoms with van der Waals surface area (Å²) in [6.07, 6.45) is 0.447. The first kappa shape index (κ1) is 16.2. The van der Waals surface area contributed by atoms with Crippen molar-refractivity contribution in [2.45, 2.75) is 18.7 Å². The Labute approximate surface area is 161 Å². The number of thiophene rings is 1. The lowest BCUT2D eigenvalue weighted by Gasteiger charge is -2.38. The van der Waals surface area contributed by atoms with Crippen molar-refractivity contribution in [3.63, 3.8) is 0 Å². The summed E-state index contributed by atoms with van der Waals surface area (Å²) >= 11 is 1.65. The number of phenols is 1. The van der Waals surface area contributed by atoms with Gasteiger partial charge in [-0.1, -0.05) is 30.3 Å². The maximum absolute atomic E-state index is 9.85. The molecule has 0 radical (unpaired) electrons. The molecule has 0 fully saturated rings. The summed E-state index contributed by atoms with van der Waals surface area (Å²) in [6.45, 7) is 0. The van der Waals surface area contributed by atoms with E-state index >= 15 is 0 Å². The molecule has 1 aromatic heterocycles. The summed E-state index contributed by atoms with van der Waals surface area (Å²) in [5.74, 6) is 1.76. The number of hydrogen-bond acceptors (Lipinski definition) is 6. The Bertz CT molecular complexity index is 1020. The number of para-hydroxylation sites is 1. The molecule has 0 amide bonds. The predicted octanol–water partition coefficient (Wildman–Crippen LogP) is 4.70. The first-order chi connectivity index (χ1) is 13.2. The van der Waals surface area contributed by atoms with Crippen LogP contribution in [0.15, 0.2) is 65.1 Å². The zero-order valence-electron chi connectivity index (χ0n) is 14.7. The van der Waals surface area contributed by atoms with Gasteiger partial charge in [-0.25, -0.2) is 5.01 Å². The molecule has 0 unspecified atom stereocenters. The maximum Gasteiger partial charge on any atom is 0.223 e. The van der Waals surface area contributed by atoms with Crippen LogP contribution in [0.25, 0.3) is 0 Å². The lowest BCUT2D eigenvalue weighted by Crippen LogP contribution is -2.33. The highest BCUT2D eigenvalue weighted by Gasteiger charge is 2.42. The molecule has 2 aliphatic rings. The molecule has 1 N–H and O–H groups in total. The smallest absolute Gasteiger partial charge is 0.223 e. The van der Waals surface area contributed by atoms with Crippen molar-refractivity contribution in [3.05, 3.63) is 76.0 Å². The topological polar surface area (TPSA) is 54.3 Å². The summed E-state index contributed by atoms with van der Waals surface area (Å²) in [6, 6.07) is 17.4. The molecule has 2 aliphatic heterocycles. The van der Waals surface area contributed by atoms with Gasteiger partial charge in [0.2, 0.25) is 6.23 Å². The Morgan fingerprint density at radius 2 is 2.07 bits per heavy atom. The second kappa shape index (κ2) is 6.32. The Morgan fingerprint density at radius 1 is 1.19 bits per heavy atom. The van der Waals surface area contributed by atoms with Gasteiger partial charge in [0.15, 0.2) is 11.5 Å². The van der Waals surface area contributed by atoms with E-state index in [-0.39, 0.29) is 18.0 Å². The van der Waals surface area contributed by atoms with Crippen LogP contribution in [0.4, 0.5) is 0 Å². The molecule has 0 aliphatic carbocycles. The largest absolute Gasteiger partial charge is 0.508 e. The van der Waals surface area contributed by atoms with Crippen molar-refractivity contribution in [2.24, 2.45) is 5.10 Å². The normalized spacial score (nSPS) is 20.5. The third-order valence-electron chi connectivity index (χ3n) is 4.97. The molecule has 3 heterocycles. The molecule has 0 saturated heterocycles. The molecule has 0 saturated carbocycles. The summed E-state index contributed by atoms with van der Waals surface area (Å²) in [7, 11) is 1.66. The first-order valence-electron chi connectivity index (χ1n) is 8.77. The van der Waals surface area contributed by atoms with Crippen LogP contribution in [0.2, 0.25) is 0 Å². The zero-order chi connectivity index (χ0) is 18.4. The molecular formula is C21H18N2O3S. The summed E-state index contributed by atoms with van der Waals surface area (Å²) < 4.78 is 11.9. The average Bonchev–Trinajstić information content (AvgIpc) is 3.37. The highest BCUT2D eigenvalue weighted by atomic mass is 32.1. The number of fused-ring (bicyclic) bond motifs is 3. The lowest BCUT2D eigenvalue weighted by atomic mass is 9.96. The Hall–Kier alpha value is -2.99. The van der Waals surface area contributed by atoms with E-state index in [1.165, 1.54) is 0 Å². The standard InChI is InChI=1S/C21H18N2O3S/c1-25-18-8-3-7-15-17-12-16(13-5-2-6-14(24)11-13)22-23(17)21(26-20(15)18)19-9-4-10-27-19/h2-11,17,21,24H,12H2,1H3/t17-,21-/m0/s1. The number of benzene rings is 2. The van der Waals surface area contributed by atoms with Crippen molar-refractivity contribution in [3.8, 4) is 17.2 Å². The van der Waals surface area contributed by atoms with Gasteiger partial charge in [-0.05, 0) is 29.6 Å². The molecule has 27 heavy (non-hydrogen) atoms. The number of phenolic OH excluding ortho intramolecular Hbond substituents is 1. The Balaban J connectivity index is 1.62. The van der Waals surface area contributed by atoms with E-state index in [0.717, 1.165) is 39.6 Å². The van der Waals surface area contributed by atoms with Crippen LogP contribution in [0, 0.1) is 0 Å². The second-order valence-electron chi connectivity index (χ2n) is 6.56. The summed E-state index contributed by atoms with van der Waals surface area (Å²) in [5, 5.41) is 18.8. The highest BCUT2D eigenvalue weighted by molar-refractivity contribution is 7.10. The molecule has 2 atom stereocenters. The van der Waals surface area contributed by atoms with Gasteiger partial charge in [-0.3, -0.25) is 0 Å². The second-order valence-corrected chi connectivity index (χ2v) is 7.54. The number of nitrogens with zero attached hydrogens (tertiary/aromatic N) is 2. The minimum atomic E-state index is -0.298. The fourth-order valence-corrected chi connectivity index (χ4v) is 4.47. The van der Waals surface area contributed by atoms with Gasteiger partial charge >= 0.3 is 0 Å². The monoisotopic (exact) mass is 378 g/mol. The van der Waals surface area contributed by atoms with Crippen molar-refractivity contribution in [2.75, 3.05) is 7.11 Å². The van der Waals surface area contributed by atoms with Gasteiger partial charge < -0.3 is 14.6 Å². The van der Waals surface area contributed by atoms with Gasteiger partial charge in [-0.15, -0.1) is 11.3 Å². The van der Waals surface area contributed by atoms with E-state index in [4.69, 9.17) is 14.6 Å². The first-order valence-corrected chi connectivity index (χ1v) is 9.65. The van der Waals surface area contributed by atoms with Gasteiger partial charge in [-0.2, -0.15) is 5.10 Å². The van der Waals surface area contributed by atoms with Gasteiger partial charge in [0.25, 0.3) is 0 Å². The Kier molecular flexibility index (Phi) is 3.79. The average molecular weight is 378 g/mol. The van der Waals surface area contributed by atoms with E-state index in [0.29, 0.717) is 0 Å². The van der Waals surface area contributed by atoms with E-state index in [2.05, 4.69) is 12.1 Å². The number of aromatic hydroxyl groups is 1. The van der Waals surface area contributed by atoms with Crippen LogP contribution >= 0.6 is 11.3 Å². The van der Waals surface area contributed by atoms with Crippen molar-refractivity contribution >= 4 is 17.0 Å². The van der Waals surface area contributed by atoms with Crippen LogP contribution in [0.1, 0.15) is 34.7 Å². The van der Waals surface area contributed by atoms with Crippen molar-refractivity contribution in [1.82, 2.24) is 5.01 Å². The maximum atomic E-state index is 9.85. The minimum absolute atomic E-state index is 0.0632. The summed E-state index contributed by atoms with van der Waals surface area (Å²) in [4.78, 5) is 1.09. The fourth-order valence-electron chi connectivity index (χ4n) is 3.72. The molecule has 0 spiro atoms. The van der Waals surface area contributed by atoms with E-state index < -0.39 is 0 Å². The van der Waals surface area contributed by atoms with E-state index in [1.54, 1.807) is 30.6 Å². The molecule has 5 nitrogen and oxygen atoms in total.